The Labute approximate surface area is 152 Å². The zero-order valence-corrected chi connectivity index (χ0v) is 14.9. The fraction of sp³-hybridized carbons (Fsp3) is 0.421. The number of aromatic amines is 1. The Kier molecular flexibility index (Phi) is 5.55. The molecule has 26 heavy (non-hydrogen) atoms. The van der Waals surface area contributed by atoms with Crippen molar-refractivity contribution in [1.29, 1.82) is 0 Å². The molecule has 0 bridgehead atoms. The maximum Gasteiger partial charge on any atom is 0.269 e. The lowest BCUT2D eigenvalue weighted by Crippen LogP contribution is -2.39. The van der Waals surface area contributed by atoms with Gasteiger partial charge < -0.3 is 15.4 Å². The van der Waals surface area contributed by atoms with Gasteiger partial charge in [0.1, 0.15) is 11.4 Å². The van der Waals surface area contributed by atoms with Crippen molar-refractivity contribution >= 4 is 11.8 Å². The summed E-state index contributed by atoms with van der Waals surface area (Å²) < 4.78 is 5.43. The number of hydrogen-bond donors (Lipinski definition) is 2. The van der Waals surface area contributed by atoms with Gasteiger partial charge in [0.05, 0.1) is 24.8 Å². The summed E-state index contributed by atoms with van der Waals surface area (Å²) in [4.78, 5) is 26.0. The van der Waals surface area contributed by atoms with Crippen LogP contribution in [-0.2, 0) is 11.2 Å². The largest absolute Gasteiger partial charge is 0.494 e. The van der Waals surface area contributed by atoms with Crippen LogP contribution < -0.4 is 10.5 Å². The molecule has 1 aromatic carbocycles. The molecule has 1 aromatic heterocycles. The molecule has 1 atom stereocenters. The highest BCUT2D eigenvalue weighted by atomic mass is 16.5. The summed E-state index contributed by atoms with van der Waals surface area (Å²) >= 11 is 0. The number of nitrogens with zero attached hydrogens (tertiary/aromatic N) is 2. The molecule has 7 heteroatoms. The highest BCUT2D eigenvalue weighted by molar-refractivity contribution is 5.90. The number of likely N-dealkylation sites (tertiary alicyclic amines) is 1. The van der Waals surface area contributed by atoms with Gasteiger partial charge in [0.2, 0.25) is 5.91 Å². The number of carbonyl (C=O) groups excluding carboxylic acids is 2. The van der Waals surface area contributed by atoms with E-state index < -0.39 is 5.91 Å². The number of ether oxygens (including phenoxy) is 1. The fourth-order valence-corrected chi connectivity index (χ4v) is 3.33. The quantitative estimate of drug-likeness (QED) is 0.828. The first-order valence-corrected chi connectivity index (χ1v) is 8.94. The van der Waals surface area contributed by atoms with Gasteiger partial charge in [-0.3, -0.25) is 14.7 Å². The van der Waals surface area contributed by atoms with Crippen LogP contribution in [0.25, 0.3) is 0 Å². The van der Waals surface area contributed by atoms with Gasteiger partial charge in [0.25, 0.3) is 5.91 Å². The van der Waals surface area contributed by atoms with E-state index in [1.807, 2.05) is 36.1 Å². The predicted octanol–water partition coefficient (Wildman–Crippen LogP) is 2.20. The van der Waals surface area contributed by atoms with Crippen LogP contribution in [0.15, 0.2) is 30.3 Å². The monoisotopic (exact) mass is 356 g/mol. The molecule has 2 heterocycles. The standard InChI is InChI=1S/C19H24N4O3/c1-2-26-14-8-6-13(7-9-14)11-18(24)23-10-4-3-5-17(23)15-12-16(19(20)25)22-21-15/h6-9,12,17H,2-5,10-11H2,1H3,(H2,20,25)(H,21,22). The lowest BCUT2D eigenvalue weighted by Gasteiger charge is -2.35. The number of nitrogens with one attached hydrogen (secondary N) is 1. The molecule has 0 radical (unpaired) electrons. The van der Waals surface area contributed by atoms with Gasteiger partial charge in [-0.05, 0) is 49.9 Å². The SMILES string of the molecule is CCOc1ccc(CC(=O)N2CCCCC2c2cc(C(N)=O)n[nH]2)cc1. The number of aromatic nitrogens is 2. The zero-order valence-electron chi connectivity index (χ0n) is 14.9. The lowest BCUT2D eigenvalue weighted by atomic mass is 9.98. The molecule has 0 aliphatic carbocycles. The minimum Gasteiger partial charge on any atom is -0.494 e. The summed E-state index contributed by atoms with van der Waals surface area (Å²) in [5.74, 6) is 0.292. The van der Waals surface area contributed by atoms with Gasteiger partial charge in [-0.15, -0.1) is 0 Å². The van der Waals surface area contributed by atoms with E-state index in [1.54, 1.807) is 6.07 Å². The summed E-state index contributed by atoms with van der Waals surface area (Å²) in [7, 11) is 0. The number of rotatable bonds is 6. The smallest absolute Gasteiger partial charge is 0.269 e. The predicted molar refractivity (Wildman–Crippen MR) is 96.7 cm³/mol. The third kappa shape index (κ3) is 4.04. The van der Waals surface area contributed by atoms with Gasteiger partial charge >= 0.3 is 0 Å². The topological polar surface area (TPSA) is 101 Å². The Balaban J connectivity index is 1.71. The lowest BCUT2D eigenvalue weighted by molar-refractivity contribution is -0.134. The number of H-pyrrole nitrogens is 1. The second-order valence-electron chi connectivity index (χ2n) is 6.43. The molecule has 138 valence electrons. The van der Waals surface area contributed by atoms with Gasteiger partial charge in [-0.25, -0.2) is 0 Å². The van der Waals surface area contributed by atoms with E-state index in [9.17, 15) is 9.59 Å². The van der Waals surface area contributed by atoms with Crippen LogP contribution >= 0.6 is 0 Å². The number of nitrogens with two attached hydrogens (primary N) is 1. The molecular weight excluding hydrogens is 332 g/mol. The second kappa shape index (κ2) is 8.03. The van der Waals surface area contributed by atoms with E-state index in [0.29, 0.717) is 19.6 Å². The number of piperidine rings is 1. The van der Waals surface area contributed by atoms with Crippen LogP contribution in [0.1, 0.15) is 54.0 Å². The number of amides is 2. The van der Waals surface area contributed by atoms with Crippen molar-refractivity contribution in [2.45, 2.75) is 38.6 Å². The van der Waals surface area contributed by atoms with Gasteiger partial charge in [-0.1, -0.05) is 12.1 Å². The molecule has 7 nitrogen and oxygen atoms in total. The van der Waals surface area contributed by atoms with E-state index >= 15 is 0 Å². The van der Waals surface area contributed by atoms with Crippen molar-refractivity contribution < 1.29 is 14.3 Å². The Hall–Kier alpha value is -2.83. The molecule has 3 rings (SSSR count). The molecule has 1 aliphatic heterocycles. The Bertz CT molecular complexity index is 769. The summed E-state index contributed by atoms with van der Waals surface area (Å²) in [5.41, 5.74) is 7.19. The van der Waals surface area contributed by atoms with E-state index in [-0.39, 0.29) is 17.6 Å². The molecule has 1 aliphatic rings. The van der Waals surface area contributed by atoms with Crippen LogP contribution in [0.5, 0.6) is 5.75 Å². The minimum absolute atomic E-state index is 0.0640. The Morgan fingerprint density at radius 3 is 2.73 bits per heavy atom. The molecule has 0 saturated carbocycles. The average molecular weight is 356 g/mol. The first-order chi connectivity index (χ1) is 12.6. The summed E-state index contributed by atoms with van der Waals surface area (Å²) in [6.07, 6.45) is 3.18. The molecule has 1 unspecified atom stereocenters. The Morgan fingerprint density at radius 2 is 2.08 bits per heavy atom. The molecule has 2 amide bonds. The normalized spacial score (nSPS) is 17.1. The van der Waals surface area contributed by atoms with E-state index in [4.69, 9.17) is 10.5 Å². The van der Waals surface area contributed by atoms with E-state index in [0.717, 1.165) is 36.3 Å². The third-order valence-electron chi connectivity index (χ3n) is 4.62. The van der Waals surface area contributed by atoms with Crippen LogP contribution in [-0.4, -0.2) is 40.1 Å². The molecule has 1 saturated heterocycles. The molecule has 3 N–H and O–H groups in total. The number of carbonyl (C=O) groups is 2. The highest BCUT2D eigenvalue weighted by Gasteiger charge is 2.29. The van der Waals surface area contributed by atoms with Gasteiger partial charge in [-0.2, -0.15) is 5.10 Å². The summed E-state index contributed by atoms with van der Waals surface area (Å²) in [6.45, 7) is 3.25. The molecule has 0 spiro atoms. The van der Waals surface area contributed by atoms with E-state index in [2.05, 4.69) is 10.2 Å². The van der Waals surface area contributed by atoms with Gasteiger partial charge in [0, 0.05) is 6.54 Å². The van der Waals surface area contributed by atoms with Crippen molar-refractivity contribution in [2.75, 3.05) is 13.2 Å². The first kappa shape index (κ1) is 18.0. The second-order valence-corrected chi connectivity index (χ2v) is 6.43. The number of hydrogen-bond acceptors (Lipinski definition) is 4. The maximum absolute atomic E-state index is 12.9. The van der Waals surface area contributed by atoms with Crippen LogP contribution in [0, 0.1) is 0 Å². The number of benzene rings is 1. The van der Waals surface area contributed by atoms with Crippen LogP contribution in [0.3, 0.4) is 0 Å². The van der Waals surface area contributed by atoms with Crippen molar-refractivity contribution in [3.05, 3.63) is 47.3 Å². The first-order valence-electron chi connectivity index (χ1n) is 8.94. The fourth-order valence-electron chi connectivity index (χ4n) is 3.33. The average Bonchev–Trinajstić information content (AvgIpc) is 3.14. The Morgan fingerprint density at radius 1 is 1.31 bits per heavy atom. The van der Waals surface area contributed by atoms with Crippen molar-refractivity contribution in [3.63, 3.8) is 0 Å². The summed E-state index contributed by atoms with van der Waals surface area (Å²) in [5, 5.41) is 6.81. The minimum atomic E-state index is -0.574. The van der Waals surface area contributed by atoms with Gasteiger partial charge in [0.15, 0.2) is 0 Å². The number of primary amides is 1. The van der Waals surface area contributed by atoms with E-state index in [1.165, 1.54) is 0 Å². The molecule has 1 fully saturated rings. The molecule has 2 aromatic rings. The van der Waals surface area contributed by atoms with Crippen LogP contribution in [0.2, 0.25) is 0 Å². The molecular formula is C19H24N4O3. The van der Waals surface area contributed by atoms with Crippen molar-refractivity contribution in [3.8, 4) is 5.75 Å². The zero-order chi connectivity index (χ0) is 18.5. The maximum atomic E-state index is 12.9. The highest BCUT2D eigenvalue weighted by Crippen LogP contribution is 2.30. The van der Waals surface area contributed by atoms with Crippen LogP contribution in [0.4, 0.5) is 0 Å². The van der Waals surface area contributed by atoms with Crippen molar-refractivity contribution in [2.24, 2.45) is 5.73 Å². The summed E-state index contributed by atoms with van der Waals surface area (Å²) in [6, 6.07) is 9.16. The van der Waals surface area contributed by atoms with Crippen molar-refractivity contribution in [1.82, 2.24) is 15.1 Å². The third-order valence-corrected chi connectivity index (χ3v) is 4.62.